The molecular formula is C10H13BN6Pt. The second kappa shape index (κ2) is 6.35. The van der Waals surface area contributed by atoms with Crippen molar-refractivity contribution < 1.29 is 21.1 Å². The van der Waals surface area contributed by atoms with Crippen molar-refractivity contribution in [3.05, 3.63) is 62.8 Å². The minimum atomic E-state index is -1.12. The molecule has 0 unspecified atom stereocenters. The van der Waals surface area contributed by atoms with Crippen molar-refractivity contribution in [3.63, 3.8) is 0 Å². The molecule has 0 aromatic carbocycles. The molecule has 0 spiro atoms. The van der Waals surface area contributed by atoms with Crippen LogP contribution in [0.25, 0.3) is 0 Å². The maximum absolute atomic E-state index is 4.26. The molecule has 0 aliphatic carbocycles. The monoisotopic (exact) mass is 423 g/mol. The van der Waals surface area contributed by atoms with E-state index in [1.54, 1.807) is 18.6 Å². The summed E-state index contributed by atoms with van der Waals surface area (Å²) in [4.78, 5) is 0. The van der Waals surface area contributed by atoms with E-state index in [2.05, 4.69) is 15.3 Å². The maximum atomic E-state index is 4.26. The quantitative estimate of drug-likeness (QED) is 0.453. The molecule has 8 heteroatoms. The van der Waals surface area contributed by atoms with E-state index >= 15 is 0 Å². The molecule has 0 atom stereocenters. The summed E-state index contributed by atoms with van der Waals surface area (Å²) in [7, 11) is -1.12. The molecule has 3 heterocycles. The fourth-order valence-electron chi connectivity index (χ4n) is 1.85. The van der Waals surface area contributed by atoms with Gasteiger partial charge < -0.3 is 21.2 Å². The summed E-state index contributed by atoms with van der Waals surface area (Å²) in [6.45, 7) is 0. The minimum absolute atomic E-state index is 0. The fourth-order valence-corrected chi connectivity index (χ4v) is 1.85. The van der Waals surface area contributed by atoms with Crippen LogP contribution in [0.4, 0.5) is 0 Å². The molecule has 0 N–H and O–H groups in total. The Bertz CT molecular complexity index is 452. The Morgan fingerprint density at radius 3 is 1.22 bits per heavy atom. The molecule has 0 amide bonds. The van der Waals surface area contributed by atoms with Crippen LogP contribution in [0.2, 0.25) is 0 Å². The van der Waals surface area contributed by atoms with Gasteiger partial charge in [-0.05, 0) is 36.8 Å². The van der Waals surface area contributed by atoms with Crippen LogP contribution >= 0.6 is 0 Å². The van der Waals surface area contributed by atoms with Crippen molar-refractivity contribution in [2.75, 3.05) is 0 Å². The Balaban J connectivity index is 0.000000810. The third-order valence-electron chi connectivity index (χ3n) is 2.55. The van der Waals surface area contributed by atoms with Crippen LogP contribution in [0.5, 0.6) is 0 Å². The summed E-state index contributed by atoms with van der Waals surface area (Å²) in [5.41, 5.74) is 0. The van der Waals surface area contributed by atoms with E-state index in [-0.39, 0.29) is 28.5 Å². The topological polar surface area (TPSA) is 53.5 Å². The Morgan fingerprint density at radius 2 is 1.00 bits per heavy atom. The predicted molar refractivity (Wildman–Crippen MR) is 66.4 cm³/mol. The van der Waals surface area contributed by atoms with E-state index in [1.165, 1.54) is 0 Å². The average molecular weight is 423 g/mol. The van der Waals surface area contributed by atoms with Gasteiger partial charge in [0.1, 0.15) is 0 Å². The number of rotatable bonds is 3. The molecular weight excluding hydrogens is 410 g/mol. The predicted octanol–water partition coefficient (Wildman–Crippen LogP) is 0.386. The van der Waals surface area contributed by atoms with E-state index in [0.717, 1.165) is 0 Å². The number of hydrogen-bond acceptors (Lipinski definition) is 3. The van der Waals surface area contributed by atoms with Crippen LogP contribution in [-0.2, 0) is 21.1 Å². The van der Waals surface area contributed by atoms with Crippen LogP contribution in [-0.4, -0.2) is 36.2 Å². The molecule has 0 aliphatic rings. The summed E-state index contributed by atoms with van der Waals surface area (Å²) in [6, 6.07) is 5.69. The Labute approximate surface area is 120 Å². The van der Waals surface area contributed by atoms with E-state index in [0.29, 0.717) is 0 Å². The van der Waals surface area contributed by atoms with Gasteiger partial charge in [-0.15, -0.1) is 0 Å². The van der Waals surface area contributed by atoms with Crippen molar-refractivity contribution in [1.82, 2.24) is 29.1 Å². The molecule has 0 radical (unpaired) electrons. The van der Waals surface area contributed by atoms with E-state index in [9.17, 15) is 0 Å². The standard InChI is InChI=1S/C9H10BN6.CH3.Pt/c1-4-11-14(7-1)10(15-8-2-5-12-15)16-9-3-6-13-16;;/h1-10H;1H3;/q2*-1;+2. The molecule has 0 fully saturated rings. The fraction of sp³-hybridized carbons (Fsp3) is 0. The van der Waals surface area contributed by atoms with Crippen LogP contribution in [0.3, 0.4) is 0 Å². The second-order valence-corrected chi connectivity index (χ2v) is 3.56. The Kier molecular flexibility index (Phi) is 5.10. The molecule has 3 aromatic rings. The molecule has 0 bridgehead atoms. The normalized spacial score (nSPS) is 9.83. The van der Waals surface area contributed by atoms with Crippen molar-refractivity contribution >= 4 is 7.12 Å². The van der Waals surface area contributed by atoms with Gasteiger partial charge in [-0.3, -0.25) is 0 Å². The summed E-state index contributed by atoms with van der Waals surface area (Å²) in [5.74, 6) is 0. The van der Waals surface area contributed by atoms with Gasteiger partial charge in [0.25, 0.3) is 0 Å². The van der Waals surface area contributed by atoms with Crippen LogP contribution in [0.15, 0.2) is 55.4 Å². The Hall–Kier alpha value is -1.62. The molecule has 0 saturated carbocycles. The minimum Gasteiger partial charge on any atom is -0.403 e. The molecule has 0 saturated heterocycles. The Morgan fingerprint density at radius 1 is 0.667 bits per heavy atom. The zero-order chi connectivity index (χ0) is 10.8. The van der Waals surface area contributed by atoms with Gasteiger partial charge in [0.2, 0.25) is 0 Å². The van der Waals surface area contributed by atoms with Crippen molar-refractivity contribution in [1.29, 1.82) is 0 Å². The van der Waals surface area contributed by atoms with Gasteiger partial charge in [0, 0.05) is 18.6 Å². The van der Waals surface area contributed by atoms with Gasteiger partial charge in [0.05, 0.1) is 0 Å². The first-order valence-electron chi connectivity index (χ1n) is 5.10. The third-order valence-corrected chi connectivity index (χ3v) is 2.55. The van der Waals surface area contributed by atoms with Crippen molar-refractivity contribution in [3.8, 4) is 0 Å². The summed E-state index contributed by atoms with van der Waals surface area (Å²) >= 11 is 0. The van der Waals surface area contributed by atoms with Crippen LogP contribution in [0, 0.1) is 7.43 Å². The molecule has 96 valence electrons. The van der Waals surface area contributed by atoms with Gasteiger partial charge in [-0.25, -0.2) is 15.3 Å². The average Bonchev–Trinajstić information content (AvgIpc) is 3.02. The third kappa shape index (κ3) is 2.62. The smallest absolute Gasteiger partial charge is 0.403 e. The number of hydrogen-bond donors (Lipinski definition) is 0. The molecule has 0 aliphatic heterocycles. The first-order valence-corrected chi connectivity index (χ1v) is 5.10. The maximum Gasteiger partial charge on any atom is 2.00 e. The van der Waals surface area contributed by atoms with Crippen LogP contribution in [0.1, 0.15) is 0 Å². The summed E-state index contributed by atoms with van der Waals surface area (Å²) < 4.78 is 5.62. The van der Waals surface area contributed by atoms with E-state index < -0.39 is 7.12 Å². The molecule has 3 rings (SSSR count). The van der Waals surface area contributed by atoms with Gasteiger partial charge in [-0.1, -0.05) is 0 Å². The number of aromatic nitrogens is 6. The van der Waals surface area contributed by atoms with E-state index in [1.807, 2.05) is 50.6 Å². The van der Waals surface area contributed by atoms with Gasteiger partial charge in [0.15, 0.2) is 0 Å². The summed E-state index contributed by atoms with van der Waals surface area (Å²) in [6.07, 6.45) is 11.0. The zero-order valence-electron chi connectivity index (χ0n) is 9.90. The van der Waals surface area contributed by atoms with Crippen molar-refractivity contribution in [2.24, 2.45) is 0 Å². The first kappa shape index (κ1) is 14.4. The largest absolute Gasteiger partial charge is 2.00 e. The van der Waals surface area contributed by atoms with Crippen LogP contribution < -0.4 is 0 Å². The summed E-state index contributed by atoms with van der Waals surface area (Å²) in [5, 5.41) is 12.8. The first-order chi connectivity index (χ1) is 7.95. The van der Waals surface area contributed by atoms with Gasteiger partial charge >= 0.3 is 28.2 Å². The molecule has 6 nitrogen and oxygen atoms in total. The molecule has 3 aromatic heterocycles. The van der Waals surface area contributed by atoms with Gasteiger partial charge in [-0.2, -0.15) is 0 Å². The molecule has 18 heavy (non-hydrogen) atoms. The van der Waals surface area contributed by atoms with E-state index in [4.69, 9.17) is 0 Å². The second-order valence-electron chi connectivity index (χ2n) is 3.56. The van der Waals surface area contributed by atoms with Crippen molar-refractivity contribution in [2.45, 2.75) is 0 Å². The zero-order valence-corrected chi connectivity index (χ0v) is 12.2. The SMILES string of the molecule is [CH3-].[Pt+2].c1cnn([BH-](n2cccn2)n2cccn2)c1. The number of nitrogens with zero attached hydrogens (tertiary/aromatic N) is 6.